The summed E-state index contributed by atoms with van der Waals surface area (Å²) < 4.78 is 15.3. The summed E-state index contributed by atoms with van der Waals surface area (Å²) in [4.78, 5) is 39.4. The van der Waals surface area contributed by atoms with Gasteiger partial charge in [-0.05, 0) is 37.5 Å². The maximum absolute atomic E-state index is 12.5. The molecule has 2 aromatic rings. The van der Waals surface area contributed by atoms with Gasteiger partial charge >= 0.3 is 0 Å². The average molecular weight is 570 g/mol. The van der Waals surface area contributed by atoms with E-state index in [0.717, 1.165) is 24.4 Å². The zero-order chi connectivity index (χ0) is 29.6. The minimum atomic E-state index is -0.706. The number of epoxide rings is 1. The van der Waals surface area contributed by atoms with E-state index >= 15 is 0 Å². The number of morpholine rings is 1. The van der Waals surface area contributed by atoms with Gasteiger partial charge in [0.05, 0.1) is 45.6 Å². The van der Waals surface area contributed by atoms with Gasteiger partial charge in [-0.1, -0.05) is 55.0 Å². The summed E-state index contributed by atoms with van der Waals surface area (Å²) in [6, 6.07) is 16.7. The highest BCUT2D eigenvalue weighted by Gasteiger charge is 2.37. The number of aryl methyl sites for hydroxylation is 1. The molecular formula is C31H43N3O7. The van der Waals surface area contributed by atoms with E-state index in [-0.39, 0.29) is 18.2 Å². The zero-order valence-electron chi connectivity index (χ0n) is 24.2. The molecule has 2 aliphatic rings. The van der Waals surface area contributed by atoms with E-state index in [2.05, 4.69) is 22.5 Å². The van der Waals surface area contributed by atoms with Gasteiger partial charge in [-0.15, -0.1) is 0 Å². The lowest BCUT2D eigenvalue weighted by atomic mass is 10.0. The summed E-state index contributed by atoms with van der Waals surface area (Å²) in [5, 5.41) is 15.6. The molecule has 0 saturated carbocycles. The smallest absolute Gasteiger partial charge is 0.239 e. The number of β-amino-alcohol motifs (C(OH)–C–C–N with tert-alkyl or cyclic N) is 1. The van der Waals surface area contributed by atoms with Crippen LogP contribution < -0.4 is 15.4 Å². The minimum absolute atomic E-state index is 0.159. The second kappa shape index (κ2) is 16.8. The van der Waals surface area contributed by atoms with E-state index in [0.29, 0.717) is 39.2 Å². The number of rotatable bonds is 13. The maximum Gasteiger partial charge on any atom is 0.239 e. The molecule has 41 heavy (non-hydrogen) atoms. The largest absolute Gasteiger partial charge is 0.497 e. The number of Topliss-reactive ketones (excluding diaryl/α,β-unsaturated/α-hetero) is 1. The van der Waals surface area contributed by atoms with E-state index in [1.807, 2.05) is 54.6 Å². The Kier molecular flexibility index (Phi) is 13.2. The molecule has 2 heterocycles. The van der Waals surface area contributed by atoms with Crippen LogP contribution in [0.15, 0.2) is 54.6 Å². The molecule has 10 heteroatoms. The van der Waals surface area contributed by atoms with Crippen molar-refractivity contribution in [2.45, 2.75) is 44.9 Å². The number of ether oxygens (including phenoxy) is 3. The van der Waals surface area contributed by atoms with Crippen LogP contribution >= 0.6 is 0 Å². The molecule has 2 fully saturated rings. The third-order valence-corrected chi connectivity index (χ3v) is 6.94. The van der Waals surface area contributed by atoms with Crippen molar-refractivity contribution in [1.29, 1.82) is 0 Å². The van der Waals surface area contributed by atoms with Gasteiger partial charge in [0.25, 0.3) is 0 Å². The second-order valence-electron chi connectivity index (χ2n) is 10.5. The molecule has 4 rings (SSSR count). The van der Waals surface area contributed by atoms with E-state index in [4.69, 9.17) is 14.2 Å². The Balaban J connectivity index is 0.000000436. The van der Waals surface area contributed by atoms with Crippen LogP contribution in [0.2, 0.25) is 0 Å². The lowest BCUT2D eigenvalue weighted by Gasteiger charge is -2.29. The van der Waals surface area contributed by atoms with Gasteiger partial charge < -0.3 is 30.0 Å². The number of benzene rings is 2. The van der Waals surface area contributed by atoms with Gasteiger partial charge in [0.1, 0.15) is 11.9 Å². The minimum Gasteiger partial charge on any atom is -0.497 e. The monoisotopic (exact) mass is 569 g/mol. The van der Waals surface area contributed by atoms with Crippen LogP contribution in [0.25, 0.3) is 0 Å². The SMILES string of the molecule is CC(CC(O)CN1CCOCC1)C(=O)NCC(=O)NC(Cc1ccccc1)C(=O)C1CO1.COc1ccc(C)cc1. The van der Waals surface area contributed by atoms with Gasteiger partial charge in [-0.25, -0.2) is 0 Å². The Morgan fingerprint density at radius 3 is 2.34 bits per heavy atom. The summed E-state index contributed by atoms with van der Waals surface area (Å²) in [6.45, 7) is 7.26. The van der Waals surface area contributed by atoms with Crippen LogP contribution in [0.4, 0.5) is 0 Å². The molecule has 2 aromatic carbocycles. The first-order valence-corrected chi connectivity index (χ1v) is 14.1. The van der Waals surface area contributed by atoms with Crippen LogP contribution in [0.1, 0.15) is 24.5 Å². The Hall–Kier alpha value is -3.31. The van der Waals surface area contributed by atoms with Crippen molar-refractivity contribution < 1.29 is 33.7 Å². The fourth-order valence-corrected chi connectivity index (χ4v) is 4.44. The average Bonchev–Trinajstić information content (AvgIpc) is 3.83. The summed E-state index contributed by atoms with van der Waals surface area (Å²) in [5.74, 6) is -0.429. The lowest BCUT2D eigenvalue weighted by molar-refractivity contribution is -0.130. The Morgan fingerprint density at radius 2 is 1.73 bits per heavy atom. The number of hydrogen-bond acceptors (Lipinski definition) is 8. The number of aliphatic hydroxyl groups excluding tert-OH is 1. The summed E-state index contributed by atoms with van der Waals surface area (Å²) in [5.41, 5.74) is 2.19. The quantitative estimate of drug-likeness (QED) is 0.310. The molecule has 0 spiro atoms. The molecule has 4 unspecified atom stereocenters. The van der Waals surface area contributed by atoms with Gasteiger partial charge in [0.2, 0.25) is 11.8 Å². The Morgan fingerprint density at radius 1 is 1.07 bits per heavy atom. The number of carbonyl (C=O) groups excluding carboxylic acids is 3. The van der Waals surface area contributed by atoms with Crippen LogP contribution in [0, 0.1) is 12.8 Å². The molecular weight excluding hydrogens is 526 g/mol. The highest BCUT2D eigenvalue weighted by molar-refractivity contribution is 5.94. The molecule has 0 bridgehead atoms. The van der Waals surface area contributed by atoms with Crippen molar-refractivity contribution in [1.82, 2.24) is 15.5 Å². The number of carbonyl (C=O) groups is 3. The molecule has 4 atom stereocenters. The van der Waals surface area contributed by atoms with Crippen molar-refractivity contribution in [3.05, 3.63) is 65.7 Å². The standard InChI is InChI=1S/C23H33N3O6.C8H10O/c1-16(11-18(27)14-26-7-9-31-10-8-26)23(30)24-13-21(28)25-19(22(29)20-15-32-20)12-17-5-3-2-4-6-17;1-7-3-5-8(9-2)6-4-7/h2-6,16,18-20,27H,7-15H2,1H3,(H,24,30)(H,25,28);3-6H,1-2H3. The van der Waals surface area contributed by atoms with E-state index in [1.54, 1.807) is 14.0 Å². The lowest BCUT2D eigenvalue weighted by Crippen LogP contribution is -2.48. The van der Waals surface area contributed by atoms with Crippen LogP contribution in [0.3, 0.4) is 0 Å². The van der Waals surface area contributed by atoms with E-state index in [1.165, 1.54) is 5.56 Å². The molecule has 0 radical (unpaired) electrons. The molecule has 2 saturated heterocycles. The van der Waals surface area contributed by atoms with Crippen molar-refractivity contribution >= 4 is 17.6 Å². The molecule has 2 amide bonds. The predicted octanol–water partition coefficient (Wildman–Crippen LogP) is 1.52. The van der Waals surface area contributed by atoms with Gasteiger partial charge in [0.15, 0.2) is 5.78 Å². The van der Waals surface area contributed by atoms with Crippen molar-refractivity contribution in [3.63, 3.8) is 0 Å². The number of amides is 2. The third kappa shape index (κ3) is 12.0. The van der Waals surface area contributed by atoms with Crippen molar-refractivity contribution in [2.75, 3.05) is 53.1 Å². The third-order valence-electron chi connectivity index (χ3n) is 6.94. The normalized spacial score (nSPS) is 18.6. The van der Waals surface area contributed by atoms with Crippen molar-refractivity contribution in [3.8, 4) is 5.75 Å². The number of nitrogens with zero attached hydrogens (tertiary/aromatic N) is 1. The molecule has 0 aliphatic carbocycles. The topological polar surface area (TPSA) is 130 Å². The number of hydrogen-bond donors (Lipinski definition) is 3. The first-order chi connectivity index (χ1) is 19.7. The zero-order valence-corrected chi connectivity index (χ0v) is 24.2. The number of methoxy groups -OCH3 is 1. The van der Waals surface area contributed by atoms with Crippen LogP contribution in [-0.4, -0.2) is 99.0 Å². The maximum atomic E-state index is 12.5. The summed E-state index contributed by atoms with van der Waals surface area (Å²) in [6.07, 6.45) is -0.428. The molecule has 10 nitrogen and oxygen atoms in total. The number of nitrogens with one attached hydrogen (secondary N) is 2. The van der Waals surface area contributed by atoms with Gasteiger partial charge in [-0.2, -0.15) is 0 Å². The first-order valence-electron chi connectivity index (χ1n) is 14.1. The molecule has 224 valence electrons. The van der Waals surface area contributed by atoms with Crippen LogP contribution in [-0.2, 0) is 30.3 Å². The number of aliphatic hydroxyl groups is 1. The second-order valence-corrected chi connectivity index (χ2v) is 10.5. The molecule has 2 aliphatic heterocycles. The van der Waals surface area contributed by atoms with Crippen LogP contribution in [0.5, 0.6) is 5.75 Å². The van der Waals surface area contributed by atoms with Gasteiger partial charge in [0, 0.05) is 25.6 Å². The predicted molar refractivity (Wildman–Crippen MR) is 155 cm³/mol. The Labute approximate surface area is 242 Å². The molecule has 0 aromatic heterocycles. The van der Waals surface area contributed by atoms with E-state index < -0.39 is 30.1 Å². The molecule has 3 N–H and O–H groups in total. The summed E-state index contributed by atoms with van der Waals surface area (Å²) in [7, 11) is 1.67. The fourth-order valence-electron chi connectivity index (χ4n) is 4.44. The van der Waals surface area contributed by atoms with Gasteiger partial charge in [-0.3, -0.25) is 19.3 Å². The highest BCUT2D eigenvalue weighted by Crippen LogP contribution is 2.15. The van der Waals surface area contributed by atoms with Crippen molar-refractivity contribution in [2.24, 2.45) is 5.92 Å². The fraction of sp³-hybridized carbons (Fsp3) is 0.516. The van der Waals surface area contributed by atoms with E-state index in [9.17, 15) is 19.5 Å². The Bertz CT molecular complexity index is 1090. The number of ketones is 1. The highest BCUT2D eigenvalue weighted by atomic mass is 16.6. The summed E-state index contributed by atoms with van der Waals surface area (Å²) >= 11 is 0. The first kappa shape index (κ1) is 32.2.